The number of carbonyl (C=O) groups is 1. The van der Waals surface area contributed by atoms with E-state index in [-0.39, 0.29) is 16.2 Å². The van der Waals surface area contributed by atoms with Crippen molar-refractivity contribution in [3.05, 3.63) is 89.5 Å². The summed E-state index contributed by atoms with van der Waals surface area (Å²) in [5.41, 5.74) is 1.70. The fourth-order valence-corrected chi connectivity index (χ4v) is 3.93. The van der Waals surface area contributed by atoms with Gasteiger partial charge in [-0.3, -0.25) is 4.79 Å². The molecule has 0 aliphatic heterocycles. The van der Waals surface area contributed by atoms with Crippen LogP contribution in [0.5, 0.6) is 5.75 Å². The molecule has 3 aromatic rings. The van der Waals surface area contributed by atoms with Crippen molar-refractivity contribution in [2.75, 3.05) is 21.2 Å². The Morgan fingerprint density at radius 2 is 1.73 bits per heavy atom. The average molecular weight is 426 g/mol. The van der Waals surface area contributed by atoms with Crippen molar-refractivity contribution in [1.29, 1.82) is 0 Å². The van der Waals surface area contributed by atoms with Crippen molar-refractivity contribution in [1.82, 2.24) is 8.87 Å². The molecule has 0 aliphatic rings. The summed E-state index contributed by atoms with van der Waals surface area (Å²) >= 11 is 0. The summed E-state index contributed by atoms with van der Waals surface area (Å²) in [7, 11) is 0.435. The van der Waals surface area contributed by atoms with Crippen molar-refractivity contribution >= 4 is 15.9 Å². The number of pyridine rings is 1. The number of carbonyl (C=O) groups excluding carboxylic acids is 1. The quantitative estimate of drug-likeness (QED) is 0.608. The topological polar surface area (TPSA) is 81.0 Å². The summed E-state index contributed by atoms with van der Waals surface area (Å²) in [4.78, 5) is 17.0. The lowest BCUT2D eigenvalue weighted by Gasteiger charge is -2.15. The van der Waals surface area contributed by atoms with Crippen LogP contribution in [0.3, 0.4) is 0 Å². The second kappa shape index (κ2) is 9.06. The Bertz CT molecular complexity index is 1220. The number of hydrogen-bond acceptors (Lipinski definition) is 4. The highest BCUT2D eigenvalue weighted by molar-refractivity contribution is 7.89. The summed E-state index contributed by atoms with van der Waals surface area (Å²) in [5, 5.41) is 0. The molecule has 0 atom stereocenters. The van der Waals surface area contributed by atoms with Gasteiger partial charge in [0.1, 0.15) is 16.1 Å². The zero-order valence-corrected chi connectivity index (χ0v) is 17.8. The van der Waals surface area contributed by atoms with Gasteiger partial charge in [0.25, 0.3) is 5.91 Å². The normalized spacial score (nSPS) is 12.2. The molecule has 156 valence electrons. The number of ether oxygens (including phenoxy) is 1. The van der Waals surface area contributed by atoms with Gasteiger partial charge in [0.2, 0.25) is 10.0 Å². The monoisotopic (exact) mass is 425 g/mol. The van der Waals surface area contributed by atoms with Crippen LogP contribution in [-0.2, 0) is 16.6 Å². The zero-order chi connectivity index (χ0) is 21.7. The highest BCUT2D eigenvalue weighted by Gasteiger charge is 2.23. The van der Waals surface area contributed by atoms with Crippen LogP contribution in [-0.4, -0.2) is 44.4 Å². The fraction of sp³-hybridized carbons (Fsp3) is 0.182. The number of hydrogen-bond donors (Lipinski definition) is 0. The minimum Gasteiger partial charge on any atom is -0.495 e. The first-order valence-corrected chi connectivity index (χ1v) is 10.7. The molecule has 0 saturated heterocycles. The largest absolute Gasteiger partial charge is 0.495 e. The highest BCUT2D eigenvalue weighted by atomic mass is 32.2. The Balaban J connectivity index is 2.02. The molecule has 3 rings (SSSR count). The number of methoxy groups -OCH3 is 1. The van der Waals surface area contributed by atoms with Crippen LogP contribution >= 0.6 is 0 Å². The van der Waals surface area contributed by atoms with Gasteiger partial charge in [-0.15, -0.1) is 0 Å². The summed E-state index contributed by atoms with van der Waals surface area (Å²) in [6, 6.07) is 19.5. The first-order valence-electron chi connectivity index (χ1n) is 9.22. The SMILES string of the molecule is COc1ccc(C(=O)N=c2ccccn2Cc2ccccc2)cc1S(=O)(=O)N(C)C. The zero-order valence-electron chi connectivity index (χ0n) is 17.0. The predicted molar refractivity (Wildman–Crippen MR) is 114 cm³/mol. The van der Waals surface area contributed by atoms with E-state index in [4.69, 9.17) is 4.74 Å². The van der Waals surface area contributed by atoms with E-state index in [1.807, 2.05) is 47.2 Å². The maximum Gasteiger partial charge on any atom is 0.278 e. The molecule has 30 heavy (non-hydrogen) atoms. The molecule has 0 fully saturated rings. The van der Waals surface area contributed by atoms with E-state index >= 15 is 0 Å². The first kappa shape index (κ1) is 21.5. The van der Waals surface area contributed by atoms with Crippen molar-refractivity contribution in [3.8, 4) is 5.75 Å². The fourth-order valence-electron chi connectivity index (χ4n) is 2.86. The van der Waals surface area contributed by atoms with Gasteiger partial charge in [-0.1, -0.05) is 36.4 Å². The smallest absolute Gasteiger partial charge is 0.278 e. The number of aromatic nitrogens is 1. The molecule has 1 amide bonds. The number of rotatable bonds is 6. The van der Waals surface area contributed by atoms with Gasteiger partial charge >= 0.3 is 0 Å². The van der Waals surface area contributed by atoms with Gasteiger partial charge in [-0.2, -0.15) is 4.99 Å². The average Bonchev–Trinajstić information content (AvgIpc) is 2.75. The second-order valence-electron chi connectivity index (χ2n) is 6.74. The summed E-state index contributed by atoms with van der Waals surface area (Å²) in [6.07, 6.45) is 1.84. The van der Waals surface area contributed by atoms with Gasteiger partial charge in [-0.05, 0) is 35.9 Å². The van der Waals surface area contributed by atoms with Gasteiger partial charge < -0.3 is 9.30 Å². The van der Waals surface area contributed by atoms with Crippen LogP contribution < -0.4 is 10.2 Å². The second-order valence-corrected chi connectivity index (χ2v) is 8.86. The summed E-state index contributed by atoms with van der Waals surface area (Å²) in [6.45, 7) is 0.552. The Morgan fingerprint density at radius 3 is 2.40 bits per heavy atom. The Kier molecular flexibility index (Phi) is 6.49. The number of benzene rings is 2. The number of amides is 1. The maximum atomic E-state index is 12.8. The van der Waals surface area contributed by atoms with Crippen molar-refractivity contribution in [2.24, 2.45) is 4.99 Å². The molecule has 0 saturated carbocycles. The summed E-state index contributed by atoms with van der Waals surface area (Å²) in [5.74, 6) is -0.375. The molecule has 8 heteroatoms. The van der Waals surface area contributed by atoms with Crippen LogP contribution in [0.4, 0.5) is 0 Å². The van der Waals surface area contributed by atoms with E-state index in [2.05, 4.69) is 4.99 Å². The third-order valence-electron chi connectivity index (χ3n) is 4.50. The van der Waals surface area contributed by atoms with Crippen molar-refractivity contribution in [3.63, 3.8) is 0 Å². The lowest BCUT2D eigenvalue weighted by atomic mass is 10.2. The van der Waals surface area contributed by atoms with Crippen molar-refractivity contribution in [2.45, 2.75) is 11.4 Å². The molecule has 7 nitrogen and oxygen atoms in total. The molecule has 0 N–H and O–H groups in total. The van der Waals surface area contributed by atoms with E-state index in [1.165, 1.54) is 39.4 Å². The molecule has 1 heterocycles. The van der Waals surface area contributed by atoms with E-state index < -0.39 is 15.9 Å². The molecule has 0 spiro atoms. The molecular formula is C22H23N3O4S. The van der Waals surface area contributed by atoms with E-state index in [0.29, 0.717) is 12.0 Å². The Hall–Kier alpha value is -3.23. The van der Waals surface area contributed by atoms with E-state index in [0.717, 1.165) is 9.87 Å². The summed E-state index contributed by atoms with van der Waals surface area (Å²) < 4.78 is 33.3. The molecule has 0 bridgehead atoms. The van der Waals surface area contributed by atoms with Crippen LogP contribution in [0.15, 0.2) is 82.8 Å². The minimum atomic E-state index is -3.79. The van der Waals surface area contributed by atoms with Gasteiger partial charge in [-0.25, -0.2) is 12.7 Å². The lowest BCUT2D eigenvalue weighted by Crippen LogP contribution is -2.24. The highest BCUT2D eigenvalue weighted by Crippen LogP contribution is 2.27. The van der Waals surface area contributed by atoms with Gasteiger partial charge in [0.15, 0.2) is 0 Å². The molecule has 2 aromatic carbocycles. The third kappa shape index (κ3) is 4.67. The number of sulfonamides is 1. The van der Waals surface area contributed by atoms with Gasteiger partial charge in [0.05, 0.1) is 7.11 Å². The van der Waals surface area contributed by atoms with E-state index in [1.54, 1.807) is 12.1 Å². The Labute approximate surface area is 175 Å². The minimum absolute atomic E-state index is 0.0822. The van der Waals surface area contributed by atoms with Crippen LogP contribution in [0.1, 0.15) is 15.9 Å². The lowest BCUT2D eigenvalue weighted by molar-refractivity contribution is 0.0997. The van der Waals surface area contributed by atoms with Crippen molar-refractivity contribution < 1.29 is 17.9 Å². The van der Waals surface area contributed by atoms with E-state index in [9.17, 15) is 13.2 Å². The van der Waals surface area contributed by atoms with Gasteiger partial charge in [0, 0.05) is 32.4 Å². The van der Waals surface area contributed by atoms with Crippen LogP contribution in [0.2, 0.25) is 0 Å². The number of nitrogens with zero attached hydrogens (tertiary/aromatic N) is 3. The van der Waals surface area contributed by atoms with Crippen LogP contribution in [0.25, 0.3) is 0 Å². The Morgan fingerprint density at radius 1 is 1.03 bits per heavy atom. The molecule has 1 aromatic heterocycles. The third-order valence-corrected chi connectivity index (χ3v) is 6.33. The van der Waals surface area contributed by atoms with Crippen LogP contribution in [0, 0.1) is 0 Å². The maximum absolute atomic E-state index is 12.8. The first-order chi connectivity index (χ1) is 14.3. The standard InChI is InChI=1S/C22H23N3O4S/c1-24(2)30(27,28)20-15-18(12-13-19(20)29-3)22(26)23-21-11-7-8-14-25(21)16-17-9-5-4-6-10-17/h4-15H,16H2,1-3H3. The molecular weight excluding hydrogens is 402 g/mol. The predicted octanol–water partition coefficient (Wildman–Crippen LogP) is 2.54. The molecule has 0 unspecified atom stereocenters. The molecule has 0 radical (unpaired) electrons. The molecule has 0 aliphatic carbocycles.